The van der Waals surface area contributed by atoms with Gasteiger partial charge in [0.15, 0.2) is 11.5 Å². The van der Waals surface area contributed by atoms with Crippen LogP contribution in [0.5, 0.6) is 11.5 Å². The van der Waals surface area contributed by atoms with Crippen molar-refractivity contribution in [1.29, 1.82) is 0 Å². The molecule has 2 amide bonds. The van der Waals surface area contributed by atoms with E-state index in [1.165, 1.54) is 30.6 Å². The van der Waals surface area contributed by atoms with Gasteiger partial charge in [-0.2, -0.15) is 5.10 Å². The van der Waals surface area contributed by atoms with Crippen LogP contribution in [0.2, 0.25) is 5.02 Å². The maximum Gasteiger partial charge on any atom is 0.341 e. The summed E-state index contributed by atoms with van der Waals surface area (Å²) in [6.45, 7) is 3.43. The van der Waals surface area contributed by atoms with E-state index >= 15 is 0 Å². The number of rotatable bonds is 9. The van der Waals surface area contributed by atoms with E-state index < -0.39 is 23.6 Å². The third-order valence-electron chi connectivity index (χ3n) is 6.17. The van der Waals surface area contributed by atoms with E-state index in [1.54, 1.807) is 38.1 Å². The number of thiophene rings is 1. The molecule has 0 saturated carbocycles. The van der Waals surface area contributed by atoms with Crippen molar-refractivity contribution in [2.24, 2.45) is 5.10 Å². The van der Waals surface area contributed by atoms with Crippen LogP contribution in [0.4, 0.5) is 9.39 Å². The minimum Gasteiger partial charge on any atom is -0.493 e. The van der Waals surface area contributed by atoms with Gasteiger partial charge in [-0.1, -0.05) is 17.7 Å². The molecule has 2 N–H and O–H groups in total. The molecule has 1 aliphatic carbocycles. The number of halogens is 2. The molecule has 9 nitrogen and oxygen atoms in total. The number of ether oxygens (including phenoxy) is 3. The lowest BCUT2D eigenvalue weighted by Crippen LogP contribution is -2.33. The molecule has 40 heavy (non-hydrogen) atoms. The molecule has 0 bridgehead atoms. The molecule has 0 atom stereocenters. The van der Waals surface area contributed by atoms with Crippen molar-refractivity contribution >= 4 is 51.4 Å². The van der Waals surface area contributed by atoms with Crippen LogP contribution in [0.3, 0.4) is 0 Å². The van der Waals surface area contributed by atoms with Crippen LogP contribution in [0, 0.1) is 5.82 Å². The average molecular weight is 588 g/mol. The summed E-state index contributed by atoms with van der Waals surface area (Å²) >= 11 is 7.34. The molecule has 0 radical (unpaired) electrons. The molecule has 210 valence electrons. The molecule has 0 aliphatic heterocycles. The van der Waals surface area contributed by atoms with E-state index in [1.807, 2.05) is 0 Å². The number of carbonyl (C=O) groups is 3. The lowest BCUT2D eigenvalue weighted by Gasteiger charge is -2.13. The number of esters is 1. The van der Waals surface area contributed by atoms with E-state index in [2.05, 4.69) is 15.8 Å². The number of hydrazone groups is 1. The van der Waals surface area contributed by atoms with Crippen LogP contribution in [-0.4, -0.2) is 37.2 Å². The number of nitrogens with one attached hydrogen (secondary N) is 2. The largest absolute Gasteiger partial charge is 0.493 e. The SMILES string of the molecule is CCOC(=O)c1c(NC(=O)C(=O)NN=C(C)c2ccc(OCc3c(F)cccc3Cl)c(OC)c2)sc2c1CCC2. The fourth-order valence-corrected chi connectivity index (χ4v) is 5.64. The Hall–Kier alpha value is -3.96. The first kappa shape index (κ1) is 29.0. The first-order valence-electron chi connectivity index (χ1n) is 12.4. The van der Waals surface area contributed by atoms with Crippen LogP contribution < -0.4 is 20.2 Å². The Morgan fingerprint density at radius 1 is 1.12 bits per heavy atom. The lowest BCUT2D eigenvalue weighted by atomic mass is 10.1. The molecule has 1 aliphatic rings. The predicted molar refractivity (Wildman–Crippen MR) is 150 cm³/mol. The van der Waals surface area contributed by atoms with Crippen molar-refractivity contribution in [2.45, 2.75) is 39.7 Å². The van der Waals surface area contributed by atoms with E-state index in [0.717, 1.165) is 29.7 Å². The van der Waals surface area contributed by atoms with Crippen molar-refractivity contribution in [2.75, 3.05) is 19.0 Å². The monoisotopic (exact) mass is 587 g/mol. The Kier molecular flexibility index (Phi) is 9.38. The summed E-state index contributed by atoms with van der Waals surface area (Å²) in [4.78, 5) is 38.6. The average Bonchev–Trinajstić information content (AvgIpc) is 3.52. The normalized spacial score (nSPS) is 12.5. The minimum absolute atomic E-state index is 0.107. The molecule has 4 rings (SSSR count). The summed E-state index contributed by atoms with van der Waals surface area (Å²) in [5.41, 5.74) is 4.59. The highest BCUT2D eigenvalue weighted by atomic mass is 35.5. The number of anilines is 1. The van der Waals surface area contributed by atoms with E-state index in [-0.39, 0.29) is 23.8 Å². The van der Waals surface area contributed by atoms with Gasteiger partial charge in [-0.3, -0.25) is 9.59 Å². The summed E-state index contributed by atoms with van der Waals surface area (Å²) in [6.07, 6.45) is 2.45. The van der Waals surface area contributed by atoms with Crippen molar-refractivity contribution in [3.8, 4) is 11.5 Å². The Morgan fingerprint density at radius 2 is 1.93 bits per heavy atom. The Bertz CT molecular complexity index is 1470. The number of carbonyl (C=O) groups excluding carboxylic acids is 3. The zero-order valence-corrected chi connectivity index (χ0v) is 23.6. The molecule has 0 unspecified atom stereocenters. The van der Waals surface area contributed by atoms with Gasteiger partial charge in [0.1, 0.15) is 17.4 Å². The van der Waals surface area contributed by atoms with Crippen LogP contribution >= 0.6 is 22.9 Å². The Balaban J connectivity index is 1.41. The molecule has 12 heteroatoms. The third kappa shape index (κ3) is 6.43. The van der Waals surface area contributed by atoms with Gasteiger partial charge in [-0.15, -0.1) is 11.3 Å². The van der Waals surface area contributed by atoms with Gasteiger partial charge in [0.25, 0.3) is 0 Å². The molecule has 0 fully saturated rings. The van der Waals surface area contributed by atoms with Crippen molar-refractivity contribution in [1.82, 2.24) is 5.43 Å². The number of aryl methyl sites for hydroxylation is 1. The quantitative estimate of drug-likeness (QED) is 0.152. The second-order valence-electron chi connectivity index (χ2n) is 8.73. The van der Waals surface area contributed by atoms with Crippen LogP contribution in [0.1, 0.15) is 52.2 Å². The summed E-state index contributed by atoms with van der Waals surface area (Å²) < 4.78 is 30.3. The van der Waals surface area contributed by atoms with Crippen LogP contribution in [-0.2, 0) is 33.8 Å². The number of methoxy groups -OCH3 is 1. The highest BCUT2D eigenvalue weighted by Crippen LogP contribution is 2.39. The van der Waals surface area contributed by atoms with Crippen molar-refractivity contribution < 1.29 is 33.0 Å². The Morgan fingerprint density at radius 3 is 2.65 bits per heavy atom. The number of fused-ring (bicyclic) bond motifs is 1. The van der Waals surface area contributed by atoms with E-state index in [0.29, 0.717) is 33.3 Å². The number of amides is 2. The zero-order valence-electron chi connectivity index (χ0n) is 22.1. The summed E-state index contributed by atoms with van der Waals surface area (Å²) in [5.74, 6) is -2.27. The van der Waals surface area contributed by atoms with Crippen LogP contribution in [0.15, 0.2) is 41.5 Å². The van der Waals surface area contributed by atoms with Crippen molar-refractivity contribution in [3.05, 3.63) is 74.4 Å². The Labute approximate surface area is 239 Å². The summed E-state index contributed by atoms with van der Waals surface area (Å²) in [5, 5.41) is 7.09. The molecule has 0 spiro atoms. The molecule has 3 aromatic rings. The van der Waals surface area contributed by atoms with Gasteiger partial charge in [0.2, 0.25) is 0 Å². The van der Waals surface area contributed by atoms with Gasteiger partial charge in [0, 0.05) is 16.0 Å². The molecule has 1 aromatic heterocycles. The molecular formula is C28H27ClFN3O6S. The summed E-state index contributed by atoms with van der Waals surface area (Å²) in [7, 11) is 1.45. The highest BCUT2D eigenvalue weighted by molar-refractivity contribution is 7.17. The first-order chi connectivity index (χ1) is 19.2. The molecular weight excluding hydrogens is 561 g/mol. The second-order valence-corrected chi connectivity index (χ2v) is 10.2. The van der Waals surface area contributed by atoms with E-state index in [4.69, 9.17) is 25.8 Å². The van der Waals surface area contributed by atoms with Crippen LogP contribution in [0.25, 0.3) is 0 Å². The molecule has 2 aromatic carbocycles. The fraction of sp³-hybridized carbons (Fsp3) is 0.286. The van der Waals surface area contributed by atoms with E-state index in [9.17, 15) is 18.8 Å². The topological polar surface area (TPSA) is 115 Å². The number of hydrogen-bond acceptors (Lipinski definition) is 8. The van der Waals surface area contributed by atoms with Gasteiger partial charge < -0.3 is 19.5 Å². The van der Waals surface area contributed by atoms with Gasteiger partial charge >= 0.3 is 17.8 Å². The smallest absolute Gasteiger partial charge is 0.341 e. The van der Waals surface area contributed by atoms with Gasteiger partial charge in [0.05, 0.1) is 30.0 Å². The summed E-state index contributed by atoms with van der Waals surface area (Å²) in [6, 6.07) is 9.29. The number of nitrogens with zero attached hydrogens (tertiary/aromatic N) is 1. The standard InChI is InChI=1S/C28H27ClFN3O6S/c1-4-38-28(36)24-17-7-5-10-23(17)40-27(24)31-25(34)26(35)33-32-15(2)16-11-12-21(22(13-16)37-3)39-14-18-19(29)8-6-9-20(18)30/h6,8-9,11-13H,4-5,7,10,14H2,1-3H3,(H,31,34)(H,33,35). The first-order valence-corrected chi connectivity index (χ1v) is 13.6. The second kappa shape index (κ2) is 12.9. The number of hydrogen-bond donors (Lipinski definition) is 2. The highest BCUT2D eigenvalue weighted by Gasteiger charge is 2.29. The zero-order chi connectivity index (χ0) is 28.8. The van der Waals surface area contributed by atoms with Crippen molar-refractivity contribution in [3.63, 3.8) is 0 Å². The predicted octanol–water partition coefficient (Wildman–Crippen LogP) is 5.27. The lowest BCUT2D eigenvalue weighted by molar-refractivity contribution is -0.136. The molecule has 0 saturated heterocycles. The third-order valence-corrected chi connectivity index (χ3v) is 7.74. The fourth-order valence-electron chi connectivity index (χ4n) is 4.15. The minimum atomic E-state index is -1.00. The molecule has 1 heterocycles. The number of benzene rings is 2. The maximum atomic E-state index is 14.1. The van der Waals surface area contributed by atoms with Gasteiger partial charge in [-0.05, 0) is 69.0 Å². The van der Waals surface area contributed by atoms with Gasteiger partial charge in [-0.25, -0.2) is 14.6 Å². The maximum absolute atomic E-state index is 14.1.